The first-order valence-corrected chi connectivity index (χ1v) is 12.4. The van der Waals surface area contributed by atoms with Crippen molar-refractivity contribution in [3.05, 3.63) is 85.6 Å². The minimum Gasteiger partial charge on any atom is -0.383 e. The number of methoxy groups -OCH3 is 1. The van der Waals surface area contributed by atoms with Gasteiger partial charge >= 0.3 is 6.18 Å². The van der Waals surface area contributed by atoms with E-state index >= 15 is 0 Å². The zero-order valence-electron chi connectivity index (χ0n) is 19.8. The van der Waals surface area contributed by atoms with E-state index in [4.69, 9.17) is 27.9 Å². The Labute approximate surface area is 213 Å². The van der Waals surface area contributed by atoms with Gasteiger partial charge in [0.15, 0.2) is 0 Å². The smallest absolute Gasteiger partial charge is 0.383 e. The van der Waals surface area contributed by atoms with Crippen molar-refractivity contribution in [2.75, 3.05) is 13.7 Å². The van der Waals surface area contributed by atoms with Crippen molar-refractivity contribution >= 4 is 23.2 Å². The number of aromatic nitrogens is 2. The fourth-order valence-electron chi connectivity index (χ4n) is 5.26. The van der Waals surface area contributed by atoms with Gasteiger partial charge in [-0.25, -0.2) is 0 Å². The Hall–Kier alpha value is -2.06. The van der Waals surface area contributed by atoms with Crippen molar-refractivity contribution in [2.45, 2.75) is 57.9 Å². The molecule has 3 aromatic rings. The largest absolute Gasteiger partial charge is 0.417 e. The fraction of sp³-hybridized carbons (Fsp3) is 0.423. The predicted octanol–water partition coefficient (Wildman–Crippen LogP) is 7.02. The molecule has 0 spiro atoms. The molecule has 0 amide bonds. The van der Waals surface area contributed by atoms with Gasteiger partial charge < -0.3 is 4.74 Å². The van der Waals surface area contributed by atoms with Crippen LogP contribution in [0.5, 0.6) is 0 Å². The Balaban J connectivity index is 1.98. The summed E-state index contributed by atoms with van der Waals surface area (Å²) in [4.78, 5) is 2.22. The Bertz CT molecular complexity index is 1150. The molecule has 1 N–H and O–H groups in total. The van der Waals surface area contributed by atoms with E-state index in [0.717, 1.165) is 17.5 Å². The molecule has 9 heteroatoms. The van der Waals surface area contributed by atoms with Crippen LogP contribution in [0.25, 0.3) is 0 Å². The lowest BCUT2D eigenvalue weighted by atomic mass is 9.86. The zero-order valence-corrected chi connectivity index (χ0v) is 21.4. The van der Waals surface area contributed by atoms with E-state index in [0.29, 0.717) is 18.7 Å². The second kappa shape index (κ2) is 10.5. The number of halogens is 5. The lowest BCUT2D eigenvalue weighted by Gasteiger charge is -2.42. The monoisotopic (exact) mass is 525 g/mol. The van der Waals surface area contributed by atoms with Crippen LogP contribution >= 0.6 is 23.2 Å². The SMILES string of the molecule is CCc1c(Cl)c(C(c2cn[nH]c2)N2Cc3ccccc3CC2COC)c(Cl)c(CC)c1C(F)(F)F. The number of nitrogens with one attached hydrogen (secondary N) is 1. The number of ether oxygens (including phenoxy) is 1. The molecule has 1 aliphatic heterocycles. The Morgan fingerprint density at radius 2 is 1.74 bits per heavy atom. The van der Waals surface area contributed by atoms with Crippen LogP contribution in [-0.4, -0.2) is 34.9 Å². The molecular weight excluding hydrogens is 498 g/mol. The number of rotatable bonds is 7. The molecule has 188 valence electrons. The maximum Gasteiger partial charge on any atom is 0.417 e. The summed E-state index contributed by atoms with van der Waals surface area (Å²) in [5, 5.41) is 7.09. The highest BCUT2D eigenvalue weighted by molar-refractivity contribution is 6.37. The molecule has 2 aromatic carbocycles. The van der Waals surface area contributed by atoms with Crippen molar-refractivity contribution in [1.29, 1.82) is 0 Å². The molecule has 2 heterocycles. The van der Waals surface area contributed by atoms with Gasteiger partial charge in [0.05, 0.1) is 34.5 Å². The number of hydrogen-bond donors (Lipinski definition) is 1. The van der Waals surface area contributed by atoms with E-state index in [1.165, 1.54) is 5.56 Å². The summed E-state index contributed by atoms with van der Waals surface area (Å²) in [5.74, 6) is 0. The molecule has 0 radical (unpaired) electrons. The number of alkyl halides is 3. The molecule has 4 nitrogen and oxygen atoms in total. The van der Waals surface area contributed by atoms with Gasteiger partial charge in [-0.15, -0.1) is 0 Å². The number of fused-ring (bicyclic) bond motifs is 1. The van der Waals surface area contributed by atoms with Crippen LogP contribution in [0.4, 0.5) is 13.2 Å². The lowest BCUT2D eigenvalue weighted by molar-refractivity contribution is -0.138. The van der Waals surface area contributed by atoms with Gasteiger partial charge in [-0.3, -0.25) is 10.00 Å². The minimum atomic E-state index is -4.56. The molecule has 2 unspecified atom stereocenters. The van der Waals surface area contributed by atoms with Gasteiger partial charge in [-0.2, -0.15) is 18.3 Å². The molecule has 0 fully saturated rings. The Kier molecular flexibility index (Phi) is 7.81. The van der Waals surface area contributed by atoms with Crippen LogP contribution in [0.3, 0.4) is 0 Å². The van der Waals surface area contributed by atoms with Gasteiger partial charge in [0, 0.05) is 37.0 Å². The number of nitrogens with zero attached hydrogens (tertiary/aromatic N) is 2. The molecule has 35 heavy (non-hydrogen) atoms. The fourth-order valence-corrected chi connectivity index (χ4v) is 6.16. The Morgan fingerprint density at radius 1 is 1.11 bits per heavy atom. The van der Waals surface area contributed by atoms with Gasteiger partial charge in [0.1, 0.15) is 0 Å². The highest BCUT2D eigenvalue weighted by atomic mass is 35.5. The lowest BCUT2D eigenvalue weighted by Crippen LogP contribution is -2.45. The van der Waals surface area contributed by atoms with E-state index < -0.39 is 17.8 Å². The molecular formula is C26H28Cl2F3N3O. The van der Waals surface area contributed by atoms with Gasteiger partial charge in [0.2, 0.25) is 0 Å². The van der Waals surface area contributed by atoms with Gasteiger partial charge in [-0.05, 0) is 41.5 Å². The minimum absolute atomic E-state index is 0.0422. The normalized spacial score (nSPS) is 17.4. The van der Waals surface area contributed by atoms with Crippen LogP contribution in [0.1, 0.15) is 58.8 Å². The standard InChI is InChI=1S/C26H28Cl2F3N3O/c1-4-19-22(26(29,30)31)20(5-2)24(28)21(23(19)27)25(17-11-32-33-12-17)34-13-16-9-7-6-8-15(16)10-18(34)14-35-3/h6-9,11-12,18,25H,4-5,10,13-14H2,1-3H3,(H,32,33). The highest BCUT2D eigenvalue weighted by Crippen LogP contribution is 2.49. The van der Waals surface area contributed by atoms with Crippen molar-refractivity contribution in [2.24, 2.45) is 0 Å². The van der Waals surface area contributed by atoms with E-state index in [2.05, 4.69) is 27.2 Å². The summed E-state index contributed by atoms with van der Waals surface area (Å²) < 4.78 is 48.1. The third-order valence-corrected chi connectivity index (χ3v) is 7.66. The average Bonchev–Trinajstić information content (AvgIpc) is 3.35. The molecule has 1 aliphatic rings. The van der Waals surface area contributed by atoms with Crippen LogP contribution in [0.2, 0.25) is 10.0 Å². The van der Waals surface area contributed by atoms with Crippen molar-refractivity contribution in [3.63, 3.8) is 0 Å². The number of H-pyrrole nitrogens is 1. The first kappa shape index (κ1) is 26.0. The van der Waals surface area contributed by atoms with Crippen LogP contribution in [-0.2, 0) is 36.7 Å². The maximum absolute atomic E-state index is 14.2. The average molecular weight is 526 g/mol. The third-order valence-electron chi connectivity index (χ3n) is 6.79. The second-order valence-corrected chi connectivity index (χ2v) is 9.52. The molecule has 1 aromatic heterocycles. The topological polar surface area (TPSA) is 41.2 Å². The summed E-state index contributed by atoms with van der Waals surface area (Å²) in [7, 11) is 1.65. The number of hydrogen-bond acceptors (Lipinski definition) is 3. The van der Waals surface area contributed by atoms with Crippen LogP contribution in [0.15, 0.2) is 36.7 Å². The molecule has 0 saturated heterocycles. The maximum atomic E-state index is 14.2. The first-order valence-electron chi connectivity index (χ1n) is 11.6. The summed E-state index contributed by atoms with van der Waals surface area (Å²) in [6.45, 7) is 4.38. The molecule has 0 aliphatic carbocycles. The molecule has 2 atom stereocenters. The summed E-state index contributed by atoms with van der Waals surface area (Å²) in [6.07, 6.45) is -0.139. The second-order valence-electron chi connectivity index (χ2n) is 8.77. The number of benzene rings is 2. The van der Waals surface area contributed by atoms with Crippen molar-refractivity contribution < 1.29 is 17.9 Å². The highest BCUT2D eigenvalue weighted by Gasteiger charge is 2.42. The Morgan fingerprint density at radius 3 is 2.26 bits per heavy atom. The summed E-state index contributed by atoms with van der Waals surface area (Å²) in [5.41, 5.74) is 3.07. The van der Waals surface area contributed by atoms with E-state index in [1.54, 1.807) is 33.4 Å². The summed E-state index contributed by atoms with van der Waals surface area (Å²) >= 11 is 13.7. The first-order chi connectivity index (χ1) is 16.7. The van der Waals surface area contributed by atoms with E-state index in [1.807, 2.05) is 12.1 Å². The van der Waals surface area contributed by atoms with E-state index in [9.17, 15) is 13.2 Å². The van der Waals surface area contributed by atoms with Gasteiger partial charge in [-0.1, -0.05) is 61.3 Å². The zero-order chi connectivity index (χ0) is 25.3. The van der Waals surface area contributed by atoms with E-state index in [-0.39, 0.29) is 40.1 Å². The summed E-state index contributed by atoms with van der Waals surface area (Å²) in [6, 6.07) is 7.62. The van der Waals surface area contributed by atoms with Crippen molar-refractivity contribution in [1.82, 2.24) is 15.1 Å². The molecule has 0 saturated carbocycles. The number of aromatic amines is 1. The third kappa shape index (κ3) is 4.84. The predicted molar refractivity (Wildman–Crippen MR) is 132 cm³/mol. The quantitative estimate of drug-likeness (QED) is 0.360. The van der Waals surface area contributed by atoms with Crippen molar-refractivity contribution in [3.8, 4) is 0 Å². The van der Waals surface area contributed by atoms with Crippen LogP contribution < -0.4 is 0 Å². The molecule has 4 rings (SSSR count). The van der Waals surface area contributed by atoms with Crippen LogP contribution in [0, 0.1) is 0 Å². The van der Waals surface area contributed by atoms with Gasteiger partial charge in [0.25, 0.3) is 0 Å². The molecule has 0 bridgehead atoms.